The number of nitrogens with one attached hydrogen (secondary N) is 2. The Morgan fingerprint density at radius 1 is 1.09 bits per heavy atom. The summed E-state index contributed by atoms with van der Waals surface area (Å²) in [6.07, 6.45) is 1.26. The number of anilines is 2. The Kier molecular flexibility index (Phi) is 5.12. The van der Waals surface area contributed by atoms with Gasteiger partial charge in [-0.05, 0) is 48.5 Å². The Bertz CT molecular complexity index is 733. The summed E-state index contributed by atoms with van der Waals surface area (Å²) in [5, 5.41) is 14.9. The smallest absolute Gasteiger partial charge is 0.267 e. The molecule has 0 saturated heterocycles. The molecule has 6 heteroatoms. The van der Waals surface area contributed by atoms with Gasteiger partial charge in [0, 0.05) is 22.6 Å². The molecule has 0 radical (unpaired) electrons. The fourth-order valence-electron chi connectivity index (χ4n) is 1.58. The molecule has 0 spiro atoms. The molecule has 0 bridgehead atoms. The molecule has 1 amide bonds. The second-order valence-electron chi connectivity index (χ2n) is 4.28. The minimum absolute atomic E-state index is 0.112. The van der Waals surface area contributed by atoms with E-state index in [0.29, 0.717) is 16.4 Å². The first-order valence-electron chi connectivity index (χ1n) is 6.28. The van der Waals surface area contributed by atoms with Crippen molar-refractivity contribution >= 4 is 28.9 Å². The van der Waals surface area contributed by atoms with Gasteiger partial charge in [0.25, 0.3) is 5.91 Å². The van der Waals surface area contributed by atoms with Gasteiger partial charge in [-0.15, -0.1) is 0 Å². The van der Waals surface area contributed by atoms with Crippen LogP contribution in [0.5, 0.6) is 0 Å². The number of rotatable bonds is 4. The minimum atomic E-state index is -0.556. The van der Waals surface area contributed by atoms with Crippen molar-refractivity contribution in [1.82, 2.24) is 0 Å². The van der Waals surface area contributed by atoms with E-state index < -0.39 is 5.91 Å². The highest BCUT2D eigenvalue weighted by Crippen LogP contribution is 2.14. The van der Waals surface area contributed by atoms with Crippen LogP contribution in [0.25, 0.3) is 0 Å². The normalized spacial score (nSPS) is 10.7. The van der Waals surface area contributed by atoms with Crippen LogP contribution < -0.4 is 10.6 Å². The molecule has 0 unspecified atom stereocenters. The zero-order chi connectivity index (χ0) is 15.9. The van der Waals surface area contributed by atoms with Gasteiger partial charge < -0.3 is 10.6 Å². The first kappa shape index (κ1) is 15.5. The second kappa shape index (κ2) is 7.25. The van der Waals surface area contributed by atoms with E-state index in [1.165, 1.54) is 30.5 Å². The summed E-state index contributed by atoms with van der Waals surface area (Å²) in [5.74, 6) is -0.921. The van der Waals surface area contributed by atoms with Crippen molar-refractivity contribution in [2.75, 3.05) is 10.6 Å². The molecule has 0 aliphatic carbocycles. The number of carbonyl (C=O) groups excluding carboxylic acids is 1. The van der Waals surface area contributed by atoms with Gasteiger partial charge in [0.05, 0.1) is 0 Å². The van der Waals surface area contributed by atoms with E-state index in [4.69, 9.17) is 16.9 Å². The molecule has 0 saturated carbocycles. The average Bonchev–Trinajstić information content (AvgIpc) is 2.52. The number of carbonyl (C=O) groups is 1. The molecule has 0 atom stereocenters. The van der Waals surface area contributed by atoms with Crippen molar-refractivity contribution in [3.63, 3.8) is 0 Å². The molecular formula is C16H11ClFN3O. The Hall–Kier alpha value is -2.84. The maximum absolute atomic E-state index is 12.8. The zero-order valence-electron chi connectivity index (χ0n) is 11.3. The fourth-order valence-corrected chi connectivity index (χ4v) is 1.71. The third-order valence-corrected chi connectivity index (χ3v) is 2.95. The summed E-state index contributed by atoms with van der Waals surface area (Å²) in [6.45, 7) is 0. The maximum atomic E-state index is 12.8. The van der Waals surface area contributed by atoms with Crippen LogP contribution in [0.1, 0.15) is 0 Å². The Morgan fingerprint density at radius 3 is 2.27 bits per heavy atom. The lowest BCUT2D eigenvalue weighted by Crippen LogP contribution is -2.14. The number of hydrogen-bond donors (Lipinski definition) is 2. The van der Waals surface area contributed by atoms with Gasteiger partial charge in [-0.1, -0.05) is 11.6 Å². The van der Waals surface area contributed by atoms with Gasteiger partial charge >= 0.3 is 0 Å². The van der Waals surface area contributed by atoms with E-state index in [1.54, 1.807) is 30.3 Å². The molecule has 2 aromatic rings. The zero-order valence-corrected chi connectivity index (χ0v) is 12.1. The summed E-state index contributed by atoms with van der Waals surface area (Å²) in [5.41, 5.74) is 0.977. The van der Waals surface area contributed by atoms with Crippen LogP contribution >= 0.6 is 11.6 Å². The number of hydrogen-bond acceptors (Lipinski definition) is 3. The SMILES string of the molecule is N#C/C(=C/Nc1ccc(F)cc1)C(=O)Nc1ccc(Cl)cc1. The molecule has 4 nitrogen and oxygen atoms in total. The monoisotopic (exact) mass is 315 g/mol. The third kappa shape index (κ3) is 4.33. The second-order valence-corrected chi connectivity index (χ2v) is 4.72. The quantitative estimate of drug-likeness (QED) is 0.663. The van der Waals surface area contributed by atoms with E-state index in [1.807, 2.05) is 0 Å². The number of benzene rings is 2. The van der Waals surface area contributed by atoms with Gasteiger partial charge in [0.2, 0.25) is 0 Å². The molecule has 0 fully saturated rings. The summed E-state index contributed by atoms with van der Waals surface area (Å²) in [7, 11) is 0. The number of amides is 1. The van der Waals surface area contributed by atoms with E-state index in [2.05, 4.69) is 10.6 Å². The van der Waals surface area contributed by atoms with Crippen molar-refractivity contribution < 1.29 is 9.18 Å². The van der Waals surface area contributed by atoms with Crippen LogP contribution in [0.3, 0.4) is 0 Å². The van der Waals surface area contributed by atoms with E-state index in [-0.39, 0.29) is 11.4 Å². The molecule has 2 rings (SSSR count). The molecule has 0 aliphatic rings. The first-order valence-corrected chi connectivity index (χ1v) is 6.65. The molecule has 22 heavy (non-hydrogen) atoms. The lowest BCUT2D eigenvalue weighted by Gasteiger charge is -2.05. The summed E-state index contributed by atoms with van der Waals surface area (Å²) in [6, 6.07) is 13.9. The van der Waals surface area contributed by atoms with Crippen molar-refractivity contribution in [3.05, 3.63) is 71.1 Å². The highest BCUT2D eigenvalue weighted by Gasteiger charge is 2.09. The molecule has 0 heterocycles. The lowest BCUT2D eigenvalue weighted by atomic mass is 10.2. The molecule has 0 aliphatic heterocycles. The fraction of sp³-hybridized carbons (Fsp3) is 0. The van der Waals surface area contributed by atoms with Crippen LogP contribution in [-0.4, -0.2) is 5.91 Å². The lowest BCUT2D eigenvalue weighted by molar-refractivity contribution is -0.112. The van der Waals surface area contributed by atoms with Crippen LogP contribution in [0, 0.1) is 17.1 Å². The van der Waals surface area contributed by atoms with Crippen LogP contribution in [0.2, 0.25) is 5.02 Å². The van der Waals surface area contributed by atoms with E-state index in [0.717, 1.165) is 0 Å². The van der Waals surface area contributed by atoms with Crippen LogP contribution in [0.15, 0.2) is 60.3 Å². The predicted molar refractivity (Wildman–Crippen MR) is 83.8 cm³/mol. The van der Waals surface area contributed by atoms with Gasteiger partial charge in [0.1, 0.15) is 17.5 Å². The predicted octanol–water partition coefficient (Wildman–Crippen LogP) is 3.94. The van der Waals surface area contributed by atoms with Crippen molar-refractivity contribution in [3.8, 4) is 6.07 Å². The van der Waals surface area contributed by atoms with Gasteiger partial charge in [-0.2, -0.15) is 5.26 Å². The van der Waals surface area contributed by atoms with Gasteiger partial charge in [-0.25, -0.2) is 4.39 Å². The molecule has 2 N–H and O–H groups in total. The van der Waals surface area contributed by atoms with E-state index in [9.17, 15) is 9.18 Å². The first-order chi connectivity index (χ1) is 10.6. The maximum Gasteiger partial charge on any atom is 0.267 e. The Morgan fingerprint density at radius 2 is 1.68 bits per heavy atom. The molecular weight excluding hydrogens is 305 g/mol. The molecule has 2 aromatic carbocycles. The topological polar surface area (TPSA) is 64.9 Å². The standard InChI is InChI=1S/C16H11ClFN3O/c17-12-1-5-15(6-2-12)21-16(22)11(9-19)10-20-14-7-3-13(18)4-8-14/h1-8,10,20H,(H,21,22)/b11-10-. The number of nitriles is 1. The highest BCUT2D eigenvalue weighted by molar-refractivity contribution is 6.30. The van der Waals surface area contributed by atoms with Gasteiger partial charge in [-0.3, -0.25) is 4.79 Å². The summed E-state index contributed by atoms with van der Waals surface area (Å²) >= 11 is 5.75. The minimum Gasteiger partial charge on any atom is -0.360 e. The molecule has 0 aromatic heterocycles. The molecule has 110 valence electrons. The van der Waals surface area contributed by atoms with Crippen LogP contribution in [0.4, 0.5) is 15.8 Å². The van der Waals surface area contributed by atoms with Crippen LogP contribution in [-0.2, 0) is 4.79 Å². The Labute approximate surface area is 131 Å². The number of halogens is 2. The largest absolute Gasteiger partial charge is 0.360 e. The van der Waals surface area contributed by atoms with Gasteiger partial charge in [0.15, 0.2) is 0 Å². The van der Waals surface area contributed by atoms with Crippen molar-refractivity contribution in [2.45, 2.75) is 0 Å². The summed E-state index contributed by atoms with van der Waals surface area (Å²) < 4.78 is 12.8. The van der Waals surface area contributed by atoms with Crippen molar-refractivity contribution in [2.24, 2.45) is 0 Å². The van der Waals surface area contributed by atoms with Crippen molar-refractivity contribution in [1.29, 1.82) is 5.26 Å². The highest BCUT2D eigenvalue weighted by atomic mass is 35.5. The number of nitrogens with zero attached hydrogens (tertiary/aromatic N) is 1. The Balaban J connectivity index is 2.05. The summed E-state index contributed by atoms with van der Waals surface area (Å²) in [4.78, 5) is 12.0. The average molecular weight is 316 g/mol. The van der Waals surface area contributed by atoms with E-state index >= 15 is 0 Å². The third-order valence-electron chi connectivity index (χ3n) is 2.69.